The molecule has 74 valence electrons. The van der Waals surface area contributed by atoms with Gasteiger partial charge < -0.3 is 4.74 Å². The zero-order valence-electron chi connectivity index (χ0n) is 7.56. The van der Waals surface area contributed by atoms with E-state index in [2.05, 4.69) is 0 Å². The molecule has 13 heavy (non-hydrogen) atoms. The van der Waals surface area contributed by atoms with Gasteiger partial charge in [0.05, 0.1) is 6.26 Å². The van der Waals surface area contributed by atoms with Crippen LogP contribution in [0.25, 0.3) is 0 Å². The number of hydrogen-bond acceptors (Lipinski definition) is 4. The van der Waals surface area contributed by atoms with Gasteiger partial charge in [-0.25, -0.2) is 4.18 Å². The van der Waals surface area contributed by atoms with Crippen LogP contribution in [-0.4, -0.2) is 27.6 Å². The summed E-state index contributed by atoms with van der Waals surface area (Å²) < 4.78 is 31.6. The largest absolute Gasteiger partial charge is 0.349 e. The van der Waals surface area contributed by atoms with Crippen molar-refractivity contribution < 1.29 is 17.3 Å². The third kappa shape index (κ3) is 2.95. The molecular weight excluding hydrogens is 192 g/mol. The van der Waals surface area contributed by atoms with Gasteiger partial charge in [-0.2, -0.15) is 8.42 Å². The van der Waals surface area contributed by atoms with Gasteiger partial charge in [0.2, 0.25) is 5.79 Å². The topological polar surface area (TPSA) is 52.6 Å². The van der Waals surface area contributed by atoms with Gasteiger partial charge in [-0.15, -0.1) is 0 Å². The Balaban J connectivity index is 2.83. The molecule has 0 fully saturated rings. The van der Waals surface area contributed by atoms with Crippen molar-refractivity contribution in [3.8, 4) is 0 Å². The summed E-state index contributed by atoms with van der Waals surface area (Å²) in [5.41, 5.74) is 0. The van der Waals surface area contributed by atoms with Crippen molar-refractivity contribution in [3.63, 3.8) is 0 Å². The number of allylic oxidation sites excluding steroid dienone is 2. The molecule has 0 aliphatic heterocycles. The average molecular weight is 204 g/mol. The maximum atomic E-state index is 10.9. The van der Waals surface area contributed by atoms with Crippen LogP contribution in [0.1, 0.15) is 6.42 Å². The first kappa shape index (κ1) is 10.4. The molecule has 0 spiro atoms. The van der Waals surface area contributed by atoms with Gasteiger partial charge in [-0.1, -0.05) is 18.2 Å². The Morgan fingerprint density at radius 2 is 2.08 bits per heavy atom. The summed E-state index contributed by atoms with van der Waals surface area (Å²) in [4.78, 5) is 0. The highest BCUT2D eigenvalue weighted by Crippen LogP contribution is 2.24. The van der Waals surface area contributed by atoms with E-state index in [0.717, 1.165) is 6.26 Å². The maximum absolute atomic E-state index is 10.9. The van der Waals surface area contributed by atoms with Crippen LogP contribution < -0.4 is 0 Å². The van der Waals surface area contributed by atoms with Crippen LogP contribution in [0.2, 0.25) is 0 Å². The van der Waals surface area contributed by atoms with Gasteiger partial charge in [-0.05, 0) is 6.08 Å². The molecule has 0 bridgehead atoms. The first-order valence-electron chi connectivity index (χ1n) is 3.78. The summed E-state index contributed by atoms with van der Waals surface area (Å²) in [6, 6.07) is 0. The van der Waals surface area contributed by atoms with Crippen LogP contribution in [0.4, 0.5) is 0 Å². The first-order valence-corrected chi connectivity index (χ1v) is 5.59. The smallest absolute Gasteiger partial charge is 0.267 e. The van der Waals surface area contributed by atoms with Crippen LogP contribution in [0, 0.1) is 0 Å². The van der Waals surface area contributed by atoms with Crippen LogP contribution in [0.15, 0.2) is 24.3 Å². The van der Waals surface area contributed by atoms with Crippen molar-refractivity contribution in [1.82, 2.24) is 0 Å². The van der Waals surface area contributed by atoms with Crippen molar-refractivity contribution in [3.05, 3.63) is 24.3 Å². The second-order valence-corrected chi connectivity index (χ2v) is 4.37. The molecule has 1 atom stereocenters. The standard InChI is InChI=1S/C8H12O4S/c1-11-8(12-13(2,9)10)6-4-3-5-7-8/h3-6H,7H2,1-2H3. The van der Waals surface area contributed by atoms with Gasteiger partial charge in [0, 0.05) is 13.5 Å². The first-order chi connectivity index (χ1) is 5.97. The number of ether oxygens (including phenoxy) is 1. The number of hydrogen-bond donors (Lipinski definition) is 0. The zero-order chi connectivity index (χ0) is 9.95. The Morgan fingerprint density at radius 1 is 1.38 bits per heavy atom. The highest BCUT2D eigenvalue weighted by molar-refractivity contribution is 7.86. The van der Waals surface area contributed by atoms with E-state index in [1.807, 2.05) is 6.08 Å². The fourth-order valence-electron chi connectivity index (χ4n) is 1.08. The second kappa shape index (κ2) is 3.61. The molecule has 0 saturated carbocycles. The van der Waals surface area contributed by atoms with E-state index in [1.54, 1.807) is 18.2 Å². The molecule has 0 aromatic heterocycles. The molecule has 0 heterocycles. The lowest BCUT2D eigenvalue weighted by Crippen LogP contribution is -2.35. The minimum Gasteiger partial charge on any atom is -0.349 e. The number of rotatable bonds is 3. The van der Waals surface area contributed by atoms with Gasteiger partial charge in [0.15, 0.2) is 0 Å². The van der Waals surface area contributed by atoms with Gasteiger partial charge in [-0.3, -0.25) is 0 Å². The van der Waals surface area contributed by atoms with Crippen LogP contribution in [0.5, 0.6) is 0 Å². The Labute approximate surface area is 78.0 Å². The van der Waals surface area contributed by atoms with E-state index >= 15 is 0 Å². The van der Waals surface area contributed by atoms with Gasteiger partial charge in [0.25, 0.3) is 10.1 Å². The summed E-state index contributed by atoms with van der Waals surface area (Å²) in [5, 5.41) is 0. The van der Waals surface area contributed by atoms with Gasteiger partial charge in [0.1, 0.15) is 0 Å². The van der Waals surface area contributed by atoms with Crippen molar-refractivity contribution in [2.45, 2.75) is 12.2 Å². The van der Waals surface area contributed by atoms with E-state index < -0.39 is 15.9 Å². The monoisotopic (exact) mass is 204 g/mol. The zero-order valence-corrected chi connectivity index (χ0v) is 8.37. The SMILES string of the molecule is COC1(OS(C)(=O)=O)C=CC=CC1. The van der Waals surface area contributed by atoms with Crippen LogP contribution in [-0.2, 0) is 19.0 Å². The summed E-state index contributed by atoms with van der Waals surface area (Å²) in [5.74, 6) is -1.15. The average Bonchev–Trinajstić information content (AvgIpc) is 2.03. The van der Waals surface area contributed by atoms with E-state index in [9.17, 15) is 8.42 Å². The predicted molar refractivity (Wildman–Crippen MR) is 48.6 cm³/mol. The molecule has 0 aromatic rings. The van der Waals surface area contributed by atoms with E-state index in [0.29, 0.717) is 6.42 Å². The molecule has 5 heteroatoms. The highest BCUT2D eigenvalue weighted by atomic mass is 32.2. The van der Waals surface area contributed by atoms with E-state index in [4.69, 9.17) is 8.92 Å². The third-order valence-electron chi connectivity index (χ3n) is 1.64. The molecule has 1 aliphatic carbocycles. The lowest BCUT2D eigenvalue weighted by Gasteiger charge is -2.27. The predicted octanol–water partition coefficient (Wildman–Crippen LogP) is 0.821. The molecule has 4 nitrogen and oxygen atoms in total. The molecule has 1 rings (SSSR count). The summed E-state index contributed by atoms with van der Waals surface area (Å²) in [6.45, 7) is 0. The number of methoxy groups -OCH3 is 1. The van der Waals surface area contributed by atoms with Crippen molar-refractivity contribution in [2.24, 2.45) is 0 Å². The Hall–Kier alpha value is -0.650. The molecule has 0 aromatic carbocycles. The molecule has 0 radical (unpaired) electrons. The molecule has 0 amide bonds. The normalized spacial score (nSPS) is 27.8. The molecule has 1 unspecified atom stereocenters. The van der Waals surface area contributed by atoms with E-state index in [1.165, 1.54) is 7.11 Å². The van der Waals surface area contributed by atoms with Crippen molar-refractivity contribution in [2.75, 3.05) is 13.4 Å². The fraction of sp³-hybridized carbons (Fsp3) is 0.500. The lowest BCUT2D eigenvalue weighted by molar-refractivity contribution is -0.118. The lowest BCUT2D eigenvalue weighted by atomic mass is 10.1. The van der Waals surface area contributed by atoms with Gasteiger partial charge >= 0.3 is 0 Å². The maximum Gasteiger partial charge on any atom is 0.267 e. The van der Waals surface area contributed by atoms with Crippen LogP contribution >= 0.6 is 0 Å². The Bertz CT molecular complexity index is 328. The Morgan fingerprint density at radius 3 is 2.46 bits per heavy atom. The highest BCUT2D eigenvalue weighted by Gasteiger charge is 2.31. The minimum atomic E-state index is -3.50. The van der Waals surface area contributed by atoms with Crippen molar-refractivity contribution >= 4 is 10.1 Å². The second-order valence-electron chi connectivity index (χ2n) is 2.79. The molecule has 0 saturated heterocycles. The molecule has 0 N–H and O–H groups in total. The quantitative estimate of drug-likeness (QED) is 0.504. The van der Waals surface area contributed by atoms with E-state index in [-0.39, 0.29) is 0 Å². The Kier molecular flexibility index (Phi) is 2.90. The third-order valence-corrected chi connectivity index (χ3v) is 2.22. The summed E-state index contributed by atoms with van der Waals surface area (Å²) in [6.07, 6.45) is 8.26. The minimum absolute atomic E-state index is 0.396. The van der Waals surface area contributed by atoms with Crippen LogP contribution in [0.3, 0.4) is 0 Å². The summed E-state index contributed by atoms with van der Waals surface area (Å²) >= 11 is 0. The molecular formula is C8H12O4S. The van der Waals surface area contributed by atoms with Crippen molar-refractivity contribution in [1.29, 1.82) is 0 Å². The fourth-order valence-corrected chi connectivity index (χ4v) is 1.79. The summed E-state index contributed by atoms with van der Waals surface area (Å²) in [7, 11) is -2.09. The molecule has 1 aliphatic rings.